The van der Waals surface area contributed by atoms with Gasteiger partial charge in [-0.25, -0.2) is 9.78 Å². The molecule has 7 heteroatoms. The molecule has 0 unspecified atom stereocenters. The molecule has 2 heterocycles. The summed E-state index contributed by atoms with van der Waals surface area (Å²) in [6.45, 7) is 3.93. The summed E-state index contributed by atoms with van der Waals surface area (Å²) in [4.78, 5) is 16.5. The van der Waals surface area contributed by atoms with Gasteiger partial charge in [0, 0.05) is 4.88 Å². The van der Waals surface area contributed by atoms with Crippen molar-refractivity contribution in [3.8, 4) is 10.7 Å². The average molecular weight is 238 g/mol. The van der Waals surface area contributed by atoms with Gasteiger partial charge in [0.25, 0.3) is 0 Å². The number of nitrogens with one attached hydrogen (secondary N) is 1. The van der Waals surface area contributed by atoms with Crippen molar-refractivity contribution >= 4 is 17.3 Å². The molecule has 0 spiro atoms. The maximum Gasteiger partial charge on any atom is 0.358 e. The van der Waals surface area contributed by atoms with E-state index in [4.69, 9.17) is 4.74 Å². The normalized spacial score (nSPS) is 10.4. The third-order valence-corrected chi connectivity index (χ3v) is 2.89. The molecule has 0 aliphatic rings. The molecule has 0 aromatic carbocycles. The molecule has 0 amide bonds. The van der Waals surface area contributed by atoms with Crippen LogP contribution in [0.15, 0.2) is 6.20 Å². The highest BCUT2D eigenvalue weighted by atomic mass is 32.1. The summed E-state index contributed by atoms with van der Waals surface area (Å²) in [6.07, 6.45) is 1.56. The highest BCUT2D eigenvalue weighted by Gasteiger charge is 2.18. The number of carbonyl (C=O) groups is 1. The van der Waals surface area contributed by atoms with E-state index < -0.39 is 5.97 Å². The molecule has 16 heavy (non-hydrogen) atoms. The first kappa shape index (κ1) is 10.7. The Hall–Kier alpha value is -1.76. The van der Waals surface area contributed by atoms with E-state index in [-0.39, 0.29) is 0 Å². The number of ether oxygens (including phenoxy) is 1. The van der Waals surface area contributed by atoms with E-state index in [9.17, 15) is 4.79 Å². The average Bonchev–Trinajstić information content (AvgIpc) is 2.86. The van der Waals surface area contributed by atoms with Gasteiger partial charge in [0.1, 0.15) is 10.7 Å². The predicted octanol–water partition coefficient (Wildman–Crippen LogP) is 1.41. The molecule has 2 aromatic heterocycles. The monoisotopic (exact) mass is 238 g/mol. The minimum Gasteiger partial charge on any atom is -0.461 e. The van der Waals surface area contributed by atoms with Crippen molar-refractivity contribution < 1.29 is 9.53 Å². The van der Waals surface area contributed by atoms with Gasteiger partial charge in [-0.1, -0.05) is 0 Å². The maximum atomic E-state index is 11.5. The van der Waals surface area contributed by atoms with Crippen molar-refractivity contribution in [3.05, 3.63) is 16.8 Å². The van der Waals surface area contributed by atoms with Crippen LogP contribution in [-0.2, 0) is 4.74 Å². The number of rotatable bonds is 3. The summed E-state index contributed by atoms with van der Waals surface area (Å²) in [7, 11) is 0. The fraction of sp³-hybridized carbons (Fsp3) is 0.333. The summed E-state index contributed by atoms with van der Waals surface area (Å²) in [5.41, 5.74) is 0.980. The number of aromatic nitrogens is 4. The SMILES string of the molecule is CCOC(=O)c1nc(-c2cn[nH]n2)sc1C. The number of nitrogens with zero attached hydrogens (tertiary/aromatic N) is 3. The van der Waals surface area contributed by atoms with Gasteiger partial charge in [-0.05, 0) is 13.8 Å². The van der Waals surface area contributed by atoms with E-state index in [0.29, 0.717) is 23.0 Å². The molecule has 1 N–H and O–H groups in total. The second kappa shape index (κ2) is 4.40. The van der Waals surface area contributed by atoms with Crippen molar-refractivity contribution in [2.75, 3.05) is 6.61 Å². The molecule has 2 rings (SSSR count). The molecule has 2 aromatic rings. The first-order valence-electron chi connectivity index (χ1n) is 4.73. The molecular formula is C9H10N4O2S. The third-order valence-electron chi connectivity index (χ3n) is 1.90. The molecule has 0 saturated heterocycles. The molecule has 0 saturated carbocycles. The Balaban J connectivity index is 2.32. The van der Waals surface area contributed by atoms with Crippen molar-refractivity contribution in [3.63, 3.8) is 0 Å². The molecule has 0 aliphatic carbocycles. The van der Waals surface area contributed by atoms with Gasteiger partial charge in [-0.2, -0.15) is 15.4 Å². The number of carbonyl (C=O) groups excluding carboxylic acids is 1. The number of hydrogen-bond acceptors (Lipinski definition) is 6. The van der Waals surface area contributed by atoms with Crippen LogP contribution >= 0.6 is 11.3 Å². The minimum absolute atomic E-state index is 0.342. The summed E-state index contributed by atoms with van der Waals surface area (Å²) in [5.74, 6) is -0.397. The summed E-state index contributed by atoms with van der Waals surface area (Å²) in [6, 6.07) is 0. The van der Waals surface area contributed by atoms with E-state index in [1.165, 1.54) is 11.3 Å². The maximum absolute atomic E-state index is 11.5. The first-order chi connectivity index (χ1) is 7.72. The van der Waals surface area contributed by atoms with Crippen molar-refractivity contribution in [1.29, 1.82) is 0 Å². The van der Waals surface area contributed by atoms with Crippen LogP contribution in [0, 0.1) is 6.92 Å². The lowest BCUT2D eigenvalue weighted by molar-refractivity contribution is 0.0519. The molecular weight excluding hydrogens is 228 g/mol. The Morgan fingerprint density at radius 3 is 3.06 bits per heavy atom. The zero-order valence-corrected chi connectivity index (χ0v) is 9.67. The minimum atomic E-state index is -0.397. The lowest BCUT2D eigenvalue weighted by Gasteiger charge is -1.97. The molecule has 0 radical (unpaired) electrons. The zero-order chi connectivity index (χ0) is 11.5. The molecule has 6 nitrogen and oxygen atoms in total. The van der Waals surface area contributed by atoms with Crippen molar-refractivity contribution in [2.24, 2.45) is 0 Å². The van der Waals surface area contributed by atoms with E-state index >= 15 is 0 Å². The Labute approximate surface area is 95.7 Å². The molecule has 0 bridgehead atoms. The summed E-state index contributed by atoms with van der Waals surface area (Å²) in [5, 5.41) is 10.8. The van der Waals surface area contributed by atoms with Crippen LogP contribution in [0.25, 0.3) is 10.7 Å². The Morgan fingerprint density at radius 1 is 1.62 bits per heavy atom. The number of aryl methyl sites for hydroxylation is 1. The van der Waals surface area contributed by atoms with Gasteiger partial charge in [-0.15, -0.1) is 11.3 Å². The standard InChI is InChI=1S/C9H10N4O2S/c1-3-15-9(14)7-5(2)16-8(11-7)6-4-10-13-12-6/h4H,3H2,1-2H3,(H,10,12,13). The summed E-state index contributed by atoms with van der Waals surface area (Å²) < 4.78 is 4.90. The predicted molar refractivity (Wildman–Crippen MR) is 58.2 cm³/mol. The Morgan fingerprint density at radius 2 is 2.44 bits per heavy atom. The fourth-order valence-corrected chi connectivity index (χ4v) is 2.06. The van der Waals surface area contributed by atoms with Crippen molar-refractivity contribution in [2.45, 2.75) is 13.8 Å². The molecule has 0 atom stereocenters. The van der Waals surface area contributed by atoms with Crippen LogP contribution in [0.3, 0.4) is 0 Å². The largest absolute Gasteiger partial charge is 0.461 e. The quantitative estimate of drug-likeness (QED) is 0.818. The van der Waals surface area contributed by atoms with E-state index in [2.05, 4.69) is 20.4 Å². The second-order valence-corrected chi connectivity index (χ2v) is 4.20. The number of hydrogen-bond donors (Lipinski definition) is 1. The Bertz CT molecular complexity index is 492. The number of esters is 1. The van der Waals surface area contributed by atoms with E-state index in [0.717, 1.165) is 4.88 Å². The summed E-state index contributed by atoms with van der Waals surface area (Å²) >= 11 is 1.39. The molecule has 0 fully saturated rings. The van der Waals surface area contributed by atoms with Gasteiger partial charge in [-0.3, -0.25) is 0 Å². The van der Waals surface area contributed by atoms with Gasteiger partial charge in [0.2, 0.25) is 0 Å². The Kier molecular flexibility index (Phi) is 2.95. The lowest BCUT2D eigenvalue weighted by Crippen LogP contribution is -2.06. The zero-order valence-electron chi connectivity index (χ0n) is 8.85. The van der Waals surface area contributed by atoms with E-state index in [1.54, 1.807) is 13.1 Å². The van der Waals surface area contributed by atoms with Crippen LogP contribution in [0.2, 0.25) is 0 Å². The molecule has 84 valence electrons. The number of aromatic amines is 1. The van der Waals surface area contributed by atoms with Gasteiger partial charge >= 0.3 is 5.97 Å². The fourth-order valence-electron chi connectivity index (χ4n) is 1.20. The van der Waals surface area contributed by atoms with Gasteiger partial charge in [0.05, 0.1) is 12.8 Å². The van der Waals surface area contributed by atoms with E-state index in [1.807, 2.05) is 6.92 Å². The van der Waals surface area contributed by atoms with Gasteiger partial charge in [0.15, 0.2) is 5.69 Å². The smallest absolute Gasteiger partial charge is 0.358 e. The van der Waals surface area contributed by atoms with Crippen molar-refractivity contribution in [1.82, 2.24) is 20.4 Å². The van der Waals surface area contributed by atoms with Crippen LogP contribution < -0.4 is 0 Å². The van der Waals surface area contributed by atoms with Crippen LogP contribution in [0.5, 0.6) is 0 Å². The van der Waals surface area contributed by atoms with Crippen LogP contribution in [0.4, 0.5) is 0 Å². The topological polar surface area (TPSA) is 80.8 Å². The second-order valence-electron chi connectivity index (χ2n) is 3.00. The lowest BCUT2D eigenvalue weighted by atomic mass is 10.4. The van der Waals surface area contributed by atoms with Crippen LogP contribution in [0.1, 0.15) is 22.3 Å². The number of thiazole rings is 1. The number of H-pyrrole nitrogens is 1. The molecule has 0 aliphatic heterocycles. The highest BCUT2D eigenvalue weighted by molar-refractivity contribution is 7.15. The third kappa shape index (κ3) is 1.94. The van der Waals surface area contributed by atoms with Crippen LogP contribution in [-0.4, -0.2) is 33.0 Å². The van der Waals surface area contributed by atoms with Gasteiger partial charge < -0.3 is 4.74 Å². The first-order valence-corrected chi connectivity index (χ1v) is 5.54. The highest BCUT2D eigenvalue weighted by Crippen LogP contribution is 2.25.